The SMILES string of the molecule is CC1=C(C)C(C)C([N+](C)(C)C)=C1[SiH3].[Pt]. The van der Waals surface area contributed by atoms with E-state index in [-0.39, 0.29) is 21.1 Å². The molecule has 1 aliphatic rings. The number of hydrogen-bond donors (Lipinski definition) is 0. The van der Waals surface area contributed by atoms with E-state index in [9.17, 15) is 0 Å². The quantitative estimate of drug-likeness (QED) is 0.466. The molecule has 0 radical (unpaired) electrons. The second kappa shape index (κ2) is 4.46. The molecule has 0 spiro atoms. The van der Waals surface area contributed by atoms with Gasteiger partial charge in [-0.2, -0.15) is 0 Å². The van der Waals surface area contributed by atoms with Gasteiger partial charge in [-0.1, -0.05) is 5.57 Å². The van der Waals surface area contributed by atoms with Crippen LogP contribution >= 0.6 is 0 Å². The van der Waals surface area contributed by atoms with E-state index < -0.39 is 0 Å². The van der Waals surface area contributed by atoms with Crippen LogP contribution in [0.1, 0.15) is 20.8 Å². The number of rotatable bonds is 1. The van der Waals surface area contributed by atoms with Crippen molar-refractivity contribution in [2.45, 2.75) is 20.8 Å². The Balaban J connectivity index is 0.00000169. The first kappa shape index (κ1) is 14.3. The average Bonchev–Trinajstić information content (AvgIpc) is 2.14. The smallest absolute Gasteiger partial charge is 0.113 e. The van der Waals surface area contributed by atoms with Crippen molar-refractivity contribution in [2.75, 3.05) is 21.1 Å². The van der Waals surface area contributed by atoms with Crippen LogP contribution in [0.4, 0.5) is 0 Å². The van der Waals surface area contributed by atoms with Crippen molar-refractivity contribution in [3.8, 4) is 0 Å². The summed E-state index contributed by atoms with van der Waals surface area (Å²) in [5.74, 6) is 0.660. The van der Waals surface area contributed by atoms with Gasteiger partial charge in [-0.3, -0.25) is 0 Å². The molecule has 0 saturated heterocycles. The molecule has 0 heterocycles. The Morgan fingerprint density at radius 3 is 1.71 bits per heavy atom. The predicted octanol–water partition coefficient (Wildman–Crippen LogP) is 1.25. The van der Waals surface area contributed by atoms with Gasteiger partial charge in [-0.15, -0.1) is 0 Å². The second-order valence-corrected chi connectivity index (χ2v) is 6.05. The van der Waals surface area contributed by atoms with Crippen molar-refractivity contribution >= 4 is 10.2 Å². The minimum atomic E-state index is 0. The van der Waals surface area contributed by atoms with E-state index in [1.54, 1.807) is 22.0 Å². The van der Waals surface area contributed by atoms with Crippen LogP contribution in [0.3, 0.4) is 0 Å². The Morgan fingerprint density at radius 1 is 1.14 bits per heavy atom. The summed E-state index contributed by atoms with van der Waals surface area (Å²) in [6.07, 6.45) is 0. The third kappa shape index (κ3) is 2.29. The summed E-state index contributed by atoms with van der Waals surface area (Å²) in [6.45, 7) is 6.89. The molecule has 0 amide bonds. The summed E-state index contributed by atoms with van der Waals surface area (Å²) in [5, 5.41) is 1.64. The molecule has 3 heteroatoms. The van der Waals surface area contributed by atoms with Gasteiger partial charge in [0.25, 0.3) is 0 Å². The topological polar surface area (TPSA) is 0 Å². The summed E-state index contributed by atoms with van der Waals surface area (Å²) >= 11 is 0. The molecule has 14 heavy (non-hydrogen) atoms. The average molecular weight is 391 g/mol. The maximum atomic E-state index is 2.34. The zero-order valence-electron chi connectivity index (χ0n) is 10.3. The summed E-state index contributed by atoms with van der Waals surface area (Å²) in [5.41, 5.74) is 4.76. The van der Waals surface area contributed by atoms with E-state index in [2.05, 4.69) is 41.9 Å². The second-order valence-electron chi connectivity index (χ2n) is 5.05. The molecule has 1 rings (SSSR count). The van der Waals surface area contributed by atoms with E-state index in [0.29, 0.717) is 5.92 Å². The van der Waals surface area contributed by atoms with Crippen molar-refractivity contribution in [1.82, 2.24) is 0 Å². The molecular formula is C11H22NPtSi+. The van der Waals surface area contributed by atoms with Gasteiger partial charge in [0.05, 0.1) is 27.1 Å². The van der Waals surface area contributed by atoms with E-state index >= 15 is 0 Å². The van der Waals surface area contributed by atoms with Crippen LogP contribution in [-0.2, 0) is 21.1 Å². The fourth-order valence-electron chi connectivity index (χ4n) is 2.43. The van der Waals surface area contributed by atoms with Gasteiger partial charge in [0, 0.05) is 31.3 Å². The van der Waals surface area contributed by atoms with Crippen molar-refractivity contribution < 1.29 is 25.5 Å². The third-order valence-corrected chi connectivity index (χ3v) is 4.58. The Kier molecular flexibility index (Phi) is 4.57. The first-order valence-corrected chi connectivity index (χ1v) is 5.97. The fourth-order valence-corrected chi connectivity index (χ4v) is 3.92. The van der Waals surface area contributed by atoms with E-state index in [4.69, 9.17) is 0 Å². The van der Waals surface area contributed by atoms with Crippen LogP contribution in [0.25, 0.3) is 0 Å². The van der Waals surface area contributed by atoms with Crippen LogP contribution in [0.15, 0.2) is 22.0 Å². The van der Waals surface area contributed by atoms with Gasteiger partial charge < -0.3 is 4.48 Å². The molecule has 1 unspecified atom stereocenters. The minimum Gasteiger partial charge on any atom is -0.302 e. The Bertz CT molecular complexity index is 297. The Morgan fingerprint density at radius 2 is 1.57 bits per heavy atom. The van der Waals surface area contributed by atoms with Crippen LogP contribution in [0.2, 0.25) is 0 Å². The first-order chi connectivity index (χ1) is 5.76. The number of quaternary nitrogens is 1. The number of allylic oxidation sites excluding steroid dienone is 3. The normalized spacial score (nSPS) is 23.1. The van der Waals surface area contributed by atoms with E-state index in [1.165, 1.54) is 10.2 Å². The zero-order chi connectivity index (χ0) is 10.4. The molecule has 1 nitrogen and oxygen atoms in total. The third-order valence-electron chi connectivity index (χ3n) is 3.32. The molecule has 0 fully saturated rings. The Hall–Kier alpha value is 0.345. The fraction of sp³-hybridized carbons (Fsp3) is 0.636. The molecule has 84 valence electrons. The molecule has 0 saturated carbocycles. The molecule has 0 N–H and O–H groups in total. The maximum Gasteiger partial charge on any atom is 0.113 e. The summed E-state index contributed by atoms with van der Waals surface area (Å²) in [6, 6.07) is 0. The molecular weight excluding hydrogens is 369 g/mol. The van der Waals surface area contributed by atoms with Crippen LogP contribution in [-0.4, -0.2) is 35.9 Å². The van der Waals surface area contributed by atoms with Crippen LogP contribution in [0.5, 0.6) is 0 Å². The van der Waals surface area contributed by atoms with Gasteiger partial charge in [0.15, 0.2) is 0 Å². The maximum absolute atomic E-state index is 2.34. The number of nitrogens with zero attached hydrogens (tertiary/aromatic N) is 1. The minimum absolute atomic E-state index is 0. The van der Waals surface area contributed by atoms with Gasteiger partial charge in [-0.25, -0.2) is 0 Å². The first-order valence-electron chi connectivity index (χ1n) is 4.97. The Labute approximate surface area is 106 Å². The molecule has 0 aromatic carbocycles. The van der Waals surface area contributed by atoms with Gasteiger partial charge in [0.2, 0.25) is 0 Å². The molecule has 0 bridgehead atoms. The van der Waals surface area contributed by atoms with E-state index in [0.717, 1.165) is 4.48 Å². The van der Waals surface area contributed by atoms with Crippen molar-refractivity contribution in [1.29, 1.82) is 0 Å². The van der Waals surface area contributed by atoms with Crippen molar-refractivity contribution in [2.24, 2.45) is 5.92 Å². The molecule has 0 aromatic rings. The largest absolute Gasteiger partial charge is 0.302 e. The van der Waals surface area contributed by atoms with Gasteiger partial charge >= 0.3 is 0 Å². The standard InChI is InChI=1S/C11H22NSi.Pt/c1-7-8(2)10(12(4,5)6)11(13)9(7)3;/h8H,1-6,13H3;/q+1;. The zero-order valence-corrected chi connectivity index (χ0v) is 14.6. The van der Waals surface area contributed by atoms with Crippen LogP contribution in [0, 0.1) is 5.92 Å². The van der Waals surface area contributed by atoms with Crippen molar-refractivity contribution in [3.63, 3.8) is 0 Å². The summed E-state index contributed by atoms with van der Waals surface area (Å²) < 4.78 is 0.995. The van der Waals surface area contributed by atoms with Gasteiger partial charge in [-0.05, 0) is 31.5 Å². The number of hydrogen-bond acceptors (Lipinski definition) is 0. The molecule has 0 aliphatic heterocycles. The summed E-state index contributed by atoms with van der Waals surface area (Å²) in [4.78, 5) is 0. The van der Waals surface area contributed by atoms with Crippen molar-refractivity contribution in [3.05, 3.63) is 22.0 Å². The molecule has 0 aromatic heterocycles. The van der Waals surface area contributed by atoms with E-state index in [1.807, 2.05) is 0 Å². The predicted molar refractivity (Wildman–Crippen MR) is 62.5 cm³/mol. The monoisotopic (exact) mass is 391 g/mol. The summed E-state index contributed by atoms with van der Waals surface area (Å²) in [7, 11) is 8.00. The van der Waals surface area contributed by atoms with Crippen LogP contribution < -0.4 is 0 Å². The molecule has 1 aliphatic carbocycles. The molecule has 1 atom stereocenters. The van der Waals surface area contributed by atoms with Gasteiger partial charge in [0.1, 0.15) is 5.70 Å².